The Labute approximate surface area is 114 Å². The third-order valence-electron chi connectivity index (χ3n) is 2.76. The first-order chi connectivity index (χ1) is 9.40. The number of halogens is 3. The molecule has 2 aromatic rings. The second-order valence-corrected chi connectivity index (χ2v) is 4.25. The first kappa shape index (κ1) is 14.2. The highest BCUT2D eigenvalue weighted by Crippen LogP contribution is 2.38. The number of benzene rings is 2. The molecule has 0 heterocycles. The summed E-state index contributed by atoms with van der Waals surface area (Å²) in [5, 5.41) is 0. The smallest absolute Gasteiger partial charge is 0.496 e. The van der Waals surface area contributed by atoms with Crippen LogP contribution in [0.4, 0.5) is 13.2 Å². The zero-order valence-electron chi connectivity index (χ0n) is 11.0. The van der Waals surface area contributed by atoms with E-state index in [0.717, 1.165) is 5.56 Å². The second-order valence-electron chi connectivity index (χ2n) is 4.25. The molecule has 0 N–H and O–H groups in total. The summed E-state index contributed by atoms with van der Waals surface area (Å²) < 4.78 is 46.6. The van der Waals surface area contributed by atoms with Crippen LogP contribution in [0.25, 0.3) is 11.1 Å². The van der Waals surface area contributed by atoms with Gasteiger partial charge in [-0.3, -0.25) is 0 Å². The molecular formula is C15H13F3O2. The van der Waals surface area contributed by atoms with Crippen molar-refractivity contribution in [1.82, 2.24) is 0 Å². The Morgan fingerprint density at radius 3 is 2.25 bits per heavy atom. The predicted octanol–water partition coefficient (Wildman–Crippen LogP) is 4.57. The maximum absolute atomic E-state index is 12.4. The molecule has 20 heavy (non-hydrogen) atoms. The highest BCUT2D eigenvalue weighted by molar-refractivity contribution is 5.76. The fraction of sp³-hybridized carbons (Fsp3) is 0.200. The monoisotopic (exact) mass is 282 g/mol. The van der Waals surface area contributed by atoms with Crippen molar-refractivity contribution in [3.63, 3.8) is 0 Å². The van der Waals surface area contributed by atoms with Gasteiger partial charge in [0.05, 0.1) is 7.11 Å². The van der Waals surface area contributed by atoms with E-state index in [0.29, 0.717) is 16.9 Å². The maximum atomic E-state index is 12.4. The molecule has 0 spiro atoms. The molecule has 0 aromatic heterocycles. The number of aryl methyl sites for hydroxylation is 1. The van der Waals surface area contributed by atoms with Crippen LogP contribution in [0.5, 0.6) is 11.5 Å². The molecular weight excluding hydrogens is 269 g/mol. The largest absolute Gasteiger partial charge is 0.573 e. The SMILES string of the molecule is COc1ccc(C)cc1-c1ccccc1OC(F)(F)F. The summed E-state index contributed by atoms with van der Waals surface area (Å²) in [7, 11) is 1.47. The van der Waals surface area contributed by atoms with E-state index in [9.17, 15) is 13.2 Å². The van der Waals surface area contributed by atoms with Gasteiger partial charge in [0.15, 0.2) is 0 Å². The van der Waals surface area contributed by atoms with Crippen LogP contribution >= 0.6 is 0 Å². The molecule has 2 rings (SSSR count). The predicted molar refractivity (Wildman–Crippen MR) is 69.9 cm³/mol. The van der Waals surface area contributed by atoms with E-state index >= 15 is 0 Å². The number of methoxy groups -OCH3 is 1. The first-order valence-corrected chi connectivity index (χ1v) is 5.90. The molecule has 0 radical (unpaired) electrons. The molecule has 0 amide bonds. The van der Waals surface area contributed by atoms with Crippen LogP contribution in [0.3, 0.4) is 0 Å². The molecule has 0 saturated heterocycles. The Morgan fingerprint density at radius 1 is 0.900 bits per heavy atom. The Bertz CT molecular complexity index is 606. The Balaban J connectivity index is 2.55. The van der Waals surface area contributed by atoms with Gasteiger partial charge in [0.1, 0.15) is 11.5 Å². The average Bonchev–Trinajstić information content (AvgIpc) is 2.37. The Morgan fingerprint density at radius 2 is 1.60 bits per heavy atom. The van der Waals surface area contributed by atoms with Crippen LogP contribution < -0.4 is 9.47 Å². The van der Waals surface area contributed by atoms with E-state index < -0.39 is 6.36 Å². The van der Waals surface area contributed by atoms with Crippen molar-refractivity contribution in [2.45, 2.75) is 13.3 Å². The van der Waals surface area contributed by atoms with Gasteiger partial charge in [-0.15, -0.1) is 13.2 Å². The van der Waals surface area contributed by atoms with E-state index in [2.05, 4.69) is 4.74 Å². The molecule has 5 heteroatoms. The van der Waals surface area contributed by atoms with Crippen molar-refractivity contribution < 1.29 is 22.6 Å². The summed E-state index contributed by atoms with van der Waals surface area (Å²) in [6.45, 7) is 1.86. The van der Waals surface area contributed by atoms with Crippen molar-refractivity contribution in [1.29, 1.82) is 0 Å². The minimum absolute atomic E-state index is 0.246. The summed E-state index contributed by atoms with van der Waals surface area (Å²) >= 11 is 0. The molecule has 0 aliphatic carbocycles. The summed E-state index contributed by atoms with van der Waals surface area (Å²) in [5.74, 6) is 0.248. The lowest BCUT2D eigenvalue weighted by atomic mass is 10.0. The second kappa shape index (κ2) is 5.45. The van der Waals surface area contributed by atoms with E-state index in [1.165, 1.54) is 19.2 Å². The van der Waals surface area contributed by atoms with E-state index in [-0.39, 0.29) is 5.75 Å². The van der Waals surface area contributed by atoms with Crippen LogP contribution in [0, 0.1) is 6.92 Å². The quantitative estimate of drug-likeness (QED) is 0.821. The van der Waals surface area contributed by atoms with Crippen LogP contribution in [0.2, 0.25) is 0 Å². The molecule has 0 unspecified atom stereocenters. The standard InChI is InChI=1S/C15H13F3O2/c1-10-7-8-13(19-2)12(9-10)11-5-3-4-6-14(11)20-15(16,17)18/h3-9H,1-2H3. The lowest BCUT2D eigenvalue weighted by Crippen LogP contribution is -2.17. The summed E-state index contributed by atoms with van der Waals surface area (Å²) in [6, 6.07) is 11.3. The van der Waals surface area contributed by atoms with Crippen LogP contribution in [-0.4, -0.2) is 13.5 Å². The molecule has 2 nitrogen and oxygen atoms in total. The van der Waals surface area contributed by atoms with E-state index in [1.807, 2.05) is 13.0 Å². The van der Waals surface area contributed by atoms with Gasteiger partial charge in [-0.2, -0.15) is 0 Å². The van der Waals surface area contributed by atoms with Gasteiger partial charge in [-0.05, 0) is 25.1 Å². The molecule has 0 saturated carbocycles. The lowest BCUT2D eigenvalue weighted by Gasteiger charge is -2.15. The number of hydrogen-bond acceptors (Lipinski definition) is 2. The fourth-order valence-electron chi connectivity index (χ4n) is 1.94. The maximum Gasteiger partial charge on any atom is 0.573 e. The first-order valence-electron chi connectivity index (χ1n) is 5.90. The zero-order valence-corrected chi connectivity index (χ0v) is 11.0. The van der Waals surface area contributed by atoms with Gasteiger partial charge in [-0.25, -0.2) is 0 Å². The molecule has 0 fully saturated rings. The lowest BCUT2D eigenvalue weighted by molar-refractivity contribution is -0.274. The molecule has 0 aliphatic heterocycles. The third kappa shape index (κ3) is 3.23. The molecule has 2 aromatic carbocycles. The van der Waals surface area contributed by atoms with Crippen LogP contribution in [0.1, 0.15) is 5.56 Å². The van der Waals surface area contributed by atoms with Crippen LogP contribution in [-0.2, 0) is 0 Å². The molecule has 106 valence electrons. The van der Waals surface area contributed by atoms with Gasteiger partial charge in [0.25, 0.3) is 0 Å². The average molecular weight is 282 g/mol. The van der Waals surface area contributed by atoms with Gasteiger partial charge in [0, 0.05) is 11.1 Å². The van der Waals surface area contributed by atoms with Crippen molar-refractivity contribution in [2.75, 3.05) is 7.11 Å². The number of para-hydroxylation sites is 1. The number of hydrogen-bond donors (Lipinski definition) is 0. The Kier molecular flexibility index (Phi) is 3.88. The highest BCUT2D eigenvalue weighted by atomic mass is 19.4. The van der Waals surface area contributed by atoms with E-state index in [1.54, 1.807) is 24.3 Å². The minimum atomic E-state index is -4.73. The van der Waals surface area contributed by atoms with Gasteiger partial charge >= 0.3 is 6.36 Å². The molecule has 0 atom stereocenters. The zero-order chi connectivity index (χ0) is 14.8. The van der Waals surface area contributed by atoms with Gasteiger partial charge < -0.3 is 9.47 Å². The van der Waals surface area contributed by atoms with E-state index in [4.69, 9.17) is 4.74 Å². The van der Waals surface area contributed by atoms with Crippen LogP contribution in [0.15, 0.2) is 42.5 Å². The normalized spacial score (nSPS) is 11.2. The Hall–Kier alpha value is -2.17. The topological polar surface area (TPSA) is 18.5 Å². The molecule has 0 bridgehead atoms. The highest BCUT2D eigenvalue weighted by Gasteiger charge is 2.32. The number of ether oxygens (including phenoxy) is 2. The van der Waals surface area contributed by atoms with Crippen molar-refractivity contribution in [2.24, 2.45) is 0 Å². The van der Waals surface area contributed by atoms with Crippen molar-refractivity contribution >= 4 is 0 Å². The molecule has 0 aliphatic rings. The van der Waals surface area contributed by atoms with Gasteiger partial charge in [-0.1, -0.05) is 29.8 Å². The van der Waals surface area contributed by atoms with Crippen molar-refractivity contribution in [3.8, 4) is 22.6 Å². The number of rotatable bonds is 3. The van der Waals surface area contributed by atoms with Crippen molar-refractivity contribution in [3.05, 3.63) is 48.0 Å². The summed E-state index contributed by atoms with van der Waals surface area (Å²) in [5.41, 5.74) is 1.82. The van der Waals surface area contributed by atoms with Gasteiger partial charge in [0.2, 0.25) is 0 Å². The number of alkyl halides is 3. The summed E-state index contributed by atoms with van der Waals surface area (Å²) in [4.78, 5) is 0. The third-order valence-corrected chi connectivity index (χ3v) is 2.76. The summed E-state index contributed by atoms with van der Waals surface area (Å²) in [6.07, 6.45) is -4.73. The fourth-order valence-corrected chi connectivity index (χ4v) is 1.94. The minimum Gasteiger partial charge on any atom is -0.496 e.